The number of aliphatic hydroxyl groups excluding tert-OH is 1. The lowest BCUT2D eigenvalue weighted by molar-refractivity contribution is -0.156. The van der Waals surface area contributed by atoms with Crippen molar-refractivity contribution in [2.75, 3.05) is 0 Å². The van der Waals surface area contributed by atoms with Crippen molar-refractivity contribution in [3.8, 4) is 0 Å². The summed E-state index contributed by atoms with van der Waals surface area (Å²) in [7, 11) is 0. The van der Waals surface area contributed by atoms with Crippen LogP contribution in [0.15, 0.2) is 12.2 Å². The largest absolute Gasteiger partial charge is 0.368 e. The van der Waals surface area contributed by atoms with E-state index < -0.39 is 6.29 Å². The van der Waals surface area contributed by atoms with E-state index in [1.807, 2.05) is 0 Å². The van der Waals surface area contributed by atoms with Crippen LogP contribution in [0.2, 0.25) is 0 Å². The number of hydrogen-bond acceptors (Lipinski definition) is 2. The maximum Gasteiger partial charge on any atom is 0.152 e. The Balaban J connectivity index is 1.98. The molecular weight excluding hydrogens is 176 g/mol. The fourth-order valence-corrected chi connectivity index (χ4v) is 2.90. The van der Waals surface area contributed by atoms with Gasteiger partial charge in [0, 0.05) is 0 Å². The average Bonchev–Trinajstić information content (AvgIpc) is 2.18. The minimum atomic E-state index is -0.607. The number of aliphatic hydroxyl groups is 1. The number of ether oxygens (including phenoxy) is 1. The molecule has 0 aromatic carbocycles. The first-order valence-corrected chi connectivity index (χ1v) is 5.76. The number of allylic oxidation sites excluding steroid dienone is 2. The van der Waals surface area contributed by atoms with Crippen molar-refractivity contribution in [1.29, 1.82) is 0 Å². The third kappa shape index (κ3) is 2.18. The smallest absolute Gasteiger partial charge is 0.152 e. The summed E-state index contributed by atoms with van der Waals surface area (Å²) in [5.41, 5.74) is 0. The van der Waals surface area contributed by atoms with Crippen LogP contribution < -0.4 is 0 Å². The molecule has 4 atom stereocenters. The van der Waals surface area contributed by atoms with Gasteiger partial charge in [0.2, 0.25) is 0 Å². The van der Waals surface area contributed by atoms with E-state index in [-0.39, 0.29) is 0 Å². The molecule has 0 spiro atoms. The molecule has 80 valence electrons. The highest BCUT2D eigenvalue weighted by molar-refractivity contribution is 4.98. The Kier molecular flexibility index (Phi) is 3.24. The molecule has 2 rings (SSSR count). The number of hydrogen-bond donors (Lipinski definition) is 1. The standard InChI is InChI=1S/C12H20O2/c1-9(13)14-12-8-4-6-10-5-2-3-7-11(10)12/h2-3,9-13H,4-8H2,1H3. The van der Waals surface area contributed by atoms with E-state index in [1.54, 1.807) is 6.92 Å². The Labute approximate surface area is 86.0 Å². The van der Waals surface area contributed by atoms with Crippen molar-refractivity contribution in [2.24, 2.45) is 11.8 Å². The zero-order valence-corrected chi connectivity index (χ0v) is 8.86. The summed E-state index contributed by atoms with van der Waals surface area (Å²) in [5.74, 6) is 1.46. The predicted octanol–water partition coefficient (Wildman–Crippen LogP) is 2.48. The normalized spacial score (nSPS) is 39.1. The molecule has 0 saturated heterocycles. The van der Waals surface area contributed by atoms with E-state index in [2.05, 4.69) is 12.2 Å². The Morgan fingerprint density at radius 2 is 2.07 bits per heavy atom. The molecular formula is C12H20O2. The minimum absolute atomic E-state index is 0.290. The summed E-state index contributed by atoms with van der Waals surface area (Å²) in [6.45, 7) is 1.71. The van der Waals surface area contributed by atoms with Crippen molar-refractivity contribution in [1.82, 2.24) is 0 Å². The van der Waals surface area contributed by atoms with Gasteiger partial charge in [0.05, 0.1) is 6.10 Å². The molecule has 0 amide bonds. The molecule has 0 aromatic rings. The van der Waals surface area contributed by atoms with Gasteiger partial charge in [-0.2, -0.15) is 0 Å². The fourth-order valence-electron chi connectivity index (χ4n) is 2.90. The van der Waals surface area contributed by atoms with E-state index in [9.17, 15) is 5.11 Å². The van der Waals surface area contributed by atoms with Crippen LogP contribution in [-0.2, 0) is 4.74 Å². The molecule has 0 aromatic heterocycles. The van der Waals surface area contributed by atoms with Gasteiger partial charge in [-0.15, -0.1) is 0 Å². The van der Waals surface area contributed by atoms with Gasteiger partial charge >= 0.3 is 0 Å². The van der Waals surface area contributed by atoms with Crippen LogP contribution >= 0.6 is 0 Å². The first-order chi connectivity index (χ1) is 6.77. The lowest BCUT2D eigenvalue weighted by atomic mass is 9.72. The highest BCUT2D eigenvalue weighted by atomic mass is 16.6. The highest BCUT2D eigenvalue weighted by Crippen LogP contribution is 2.39. The number of fused-ring (bicyclic) bond motifs is 1. The van der Waals surface area contributed by atoms with Crippen LogP contribution in [0.5, 0.6) is 0 Å². The quantitative estimate of drug-likeness (QED) is 0.543. The van der Waals surface area contributed by atoms with Crippen molar-refractivity contribution >= 4 is 0 Å². The van der Waals surface area contributed by atoms with Crippen molar-refractivity contribution in [3.05, 3.63) is 12.2 Å². The van der Waals surface area contributed by atoms with Crippen LogP contribution in [0.4, 0.5) is 0 Å². The lowest BCUT2D eigenvalue weighted by Crippen LogP contribution is -2.37. The number of rotatable bonds is 2. The van der Waals surface area contributed by atoms with Crippen molar-refractivity contribution in [3.63, 3.8) is 0 Å². The first-order valence-electron chi connectivity index (χ1n) is 5.76. The maximum absolute atomic E-state index is 9.25. The zero-order valence-electron chi connectivity index (χ0n) is 8.86. The predicted molar refractivity (Wildman–Crippen MR) is 55.8 cm³/mol. The molecule has 2 heteroatoms. The van der Waals surface area contributed by atoms with Gasteiger partial charge in [0.1, 0.15) is 0 Å². The second-order valence-electron chi connectivity index (χ2n) is 4.57. The van der Waals surface area contributed by atoms with Crippen LogP contribution in [0.25, 0.3) is 0 Å². The lowest BCUT2D eigenvalue weighted by Gasteiger charge is -2.39. The summed E-state index contributed by atoms with van der Waals surface area (Å²) in [6, 6.07) is 0. The molecule has 0 aliphatic heterocycles. The van der Waals surface area contributed by atoms with Crippen LogP contribution in [-0.4, -0.2) is 17.5 Å². The topological polar surface area (TPSA) is 29.5 Å². The molecule has 4 unspecified atom stereocenters. The van der Waals surface area contributed by atoms with E-state index in [0.29, 0.717) is 12.0 Å². The molecule has 2 aliphatic carbocycles. The summed E-state index contributed by atoms with van der Waals surface area (Å²) >= 11 is 0. The van der Waals surface area contributed by atoms with E-state index >= 15 is 0 Å². The molecule has 0 radical (unpaired) electrons. The molecule has 0 heterocycles. The van der Waals surface area contributed by atoms with Gasteiger partial charge in [-0.25, -0.2) is 0 Å². The first kappa shape index (κ1) is 10.2. The van der Waals surface area contributed by atoms with E-state index in [1.165, 1.54) is 19.3 Å². The van der Waals surface area contributed by atoms with Gasteiger partial charge in [0.15, 0.2) is 6.29 Å². The van der Waals surface area contributed by atoms with Crippen molar-refractivity contribution < 1.29 is 9.84 Å². The Morgan fingerprint density at radius 3 is 2.86 bits per heavy atom. The summed E-state index contributed by atoms with van der Waals surface area (Å²) in [5, 5.41) is 9.25. The van der Waals surface area contributed by atoms with Gasteiger partial charge in [0.25, 0.3) is 0 Å². The summed E-state index contributed by atoms with van der Waals surface area (Å²) < 4.78 is 5.58. The van der Waals surface area contributed by atoms with Crippen LogP contribution in [0, 0.1) is 11.8 Å². The van der Waals surface area contributed by atoms with Gasteiger partial charge in [-0.05, 0) is 44.4 Å². The van der Waals surface area contributed by atoms with Gasteiger partial charge < -0.3 is 9.84 Å². The van der Waals surface area contributed by atoms with Crippen LogP contribution in [0.1, 0.15) is 39.0 Å². The SMILES string of the molecule is CC(O)OC1CCCC2CC=CCC21. The third-order valence-electron chi connectivity index (χ3n) is 3.53. The molecule has 1 saturated carbocycles. The third-order valence-corrected chi connectivity index (χ3v) is 3.53. The van der Waals surface area contributed by atoms with E-state index in [4.69, 9.17) is 4.74 Å². The second kappa shape index (κ2) is 4.45. The second-order valence-corrected chi connectivity index (χ2v) is 4.57. The monoisotopic (exact) mass is 196 g/mol. The zero-order chi connectivity index (χ0) is 9.97. The fraction of sp³-hybridized carbons (Fsp3) is 0.833. The minimum Gasteiger partial charge on any atom is -0.368 e. The molecule has 14 heavy (non-hydrogen) atoms. The summed E-state index contributed by atoms with van der Waals surface area (Å²) in [4.78, 5) is 0. The molecule has 0 bridgehead atoms. The Morgan fingerprint density at radius 1 is 1.29 bits per heavy atom. The highest BCUT2D eigenvalue weighted by Gasteiger charge is 2.34. The van der Waals surface area contributed by atoms with Crippen molar-refractivity contribution in [2.45, 2.75) is 51.4 Å². The maximum atomic E-state index is 9.25. The Bertz CT molecular complexity index is 210. The molecule has 1 fully saturated rings. The molecule has 2 aliphatic rings. The van der Waals surface area contributed by atoms with Gasteiger partial charge in [-0.1, -0.05) is 18.6 Å². The molecule has 1 N–H and O–H groups in total. The average molecular weight is 196 g/mol. The van der Waals surface area contributed by atoms with E-state index in [0.717, 1.165) is 18.8 Å². The molecule has 2 nitrogen and oxygen atoms in total. The Hall–Kier alpha value is -0.340. The van der Waals surface area contributed by atoms with Crippen LogP contribution in [0.3, 0.4) is 0 Å². The van der Waals surface area contributed by atoms with Gasteiger partial charge in [-0.3, -0.25) is 0 Å². The summed E-state index contributed by atoms with van der Waals surface area (Å²) in [6.07, 6.45) is 10.3.